The van der Waals surface area contributed by atoms with Crippen LogP contribution in [0, 0.1) is 5.92 Å². The fourth-order valence-electron chi connectivity index (χ4n) is 3.68. The first-order valence-corrected chi connectivity index (χ1v) is 10.3. The summed E-state index contributed by atoms with van der Waals surface area (Å²) in [5, 5.41) is 12.1. The number of fused-ring (bicyclic) bond motifs is 2. The molecule has 4 rings (SSSR count). The Kier molecular flexibility index (Phi) is 4.85. The number of hydrazone groups is 1. The van der Waals surface area contributed by atoms with Gasteiger partial charge in [-0.05, 0) is 38.7 Å². The van der Waals surface area contributed by atoms with Crippen molar-refractivity contribution in [3.63, 3.8) is 0 Å². The van der Waals surface area contributed by atoms with Crippen molar-refractivity contribution in [3.8, 4) is 0 Å². The van der Waals surface area contributed by atoms with E-state index in [1.54, 1.807) is 11.8 Å². The van der Waals surface area contributed by atoms with Gasteiger partial charge in [0.2, 0.25) is 0 Å². The van der Waals surface area contributed by atoms with E-state index in [1.165, 1.54) is 5.57 Å². The van der Waals surface area contributed by atoms with Crippen LogP contribution in [-0.4, -0.2) is 28.0 Å². The van der Waals surface area contributed by atoms with Gasteiger partial charge in [-0.2, -0.15) is 0 Å². The molecular formula is C20H24N4OS. The number of hydrogen-bond donors (Lipinski definition) is 1. The van der Waals surface area contributed by atoms with Gasteiger partial charge in [-0.3, -0.25) is 15.1 Å². The van der Waals surface area contributed by atoms with E-state index in [0.29, 0.717) is 16.8 Å². The molecule has 136 valence electrons. The minimum Gasteiger partial charge on any atom is -0.298 e. The quantitative estimate of drug-likeness (QED) is 0.833. The molecule has 1 N–H and O–H groups in total. The number of carbonyl (C=O) groups excluding carboxylic acids is 1. The van der Waals surface area contributed by atoms with Crippen LogP contribution >= 0.6 is 11.8 Å². The number of nitrogens with zero attached hydrogens (tertiary/aromatic N) is 3. The van der Waals surface area contributed by atoms with Crippen LogP contribution < -0.4 is 15.9 Å². The molecule has 0 radical (unpaired) electrons. The van der Waals surface area contributed by atoms with Gasteiger partial charge in [-0.25, -0.2) is 5.01 Å². The Labute approximate surface area is 157 Å². The van der Waals surface area contributed by atoms with E-state index < -0.39 is 0 Å². The van der Waals surface area contributed by atoms with E-state index in [1.807, 2.05) is 29.3 Å². The largest absolute Gasteiger partial charge is 0.298 e. The molecule has 2 atom stereocenters. The van der Waals surface area contributed by atoms with Crippen molar-refractivity contribution in [1.29, 1.82) is 0 Å². The summed E-state index contributed by atoms with van der Waals surface area (Å²) in [5.74, 6) is 1.23. The fraction of sp³-hybridized carbons (Fsp3) is 0.450. The highest BCUT2D eigenvalue weighted by molar-refractivity contribution is 8.13. The number of allylic oxidation sites excluding steroid dienone is 2. The highest BCUT2D eigenvalue weighted by Crippen LogP contribution is 2.32. The molecule has 0 aromatic heterocycles. The molecule has 0 unspecified atom stereocenters. The molecular weight excluding hydrogens is 344 g/mol. The van der Waals surface area contributed by atoms with E-state index >= 15 is 0 Å². The first-order valence-electron chi connectivity index (χ1n) is 9.32. The third-order valence-electron chi connectivity index (χ3n) is 5.09. The predicted octanol–water partition coefficient (Wildman–Crippen LogP) is 2.35. The normalized spacial score (nSPS) is 24.8. The molecule has 5 nitrogen and oxygen atoms in total. The van der Waals surface area contributed by atoms with Crippen LogP contribution in [0.15, 0.2) is 46.0 Å². The van der Waals surface area contributed by atoms with Gasteiger partial charge in [-0.1, -0.05) is 48.5 Å². The molecule has 0 bridgehead atoms. The maximum atomic E-state index is 12.9. The Morgan fingerprint density at radius 2 is 2.19 bits per heavy atom. The number of para-hydroxylation sites is 1. The summed E-state index contributed by atoms with van der Waals surface area (Å²) in [6.07, 6.45) is 6.39. The number of hydrogen-bond acceptors (Lipinski definition) is 5. The van der Waals surface area contributed by atoms with Crippen LogP contribution in [0.1, 0.15) is 39.5 Å². The SMILES string of the molecule is CCCSC1=NN2C(=c3ccccc3=N[C@@H]2[C@@H]2CC=C(C)CC2)C(=O)N1. The highest BCUT2D eigenvalue weighted by Gasteiger charge is 2.37. The zero-order valence-electron chi connectivity index (χ0n) is 15.2. The van der Waals surface area contributed by atoms with Gasteiger partial charge in [0, 0.05) is 16.9 Å². The minimum absolute atomic E-state index is 0.0755. The minimum atomic E-state index is -0.118. The number of benzene rings is 1. The van der Waals surface area contributed by atoms with Gasteiger partial charge in [0.15, 0.2) is 5.17 Å². The Hall–Kier alpha value is -2.08. The van der Waals surface area contributed by atoms with E-state index in [4.69, 9.17) is 10.1 Å². The molecule has 0 saturated heterocycles. The van der Waals surface area contributed by atoms with Crippen LogP contribution in [0.5, 0.6) is 0 Å². The van der Waals surface area contributed by atoms with E-state index in [2.05, 4.69) is 25.2 Å². The van der Waals surface area contributed by atoms with Crippen molar-refractivity contribution in [3.05, 3.63) is 46.5 Å². The lowest BCUT2D eigenvalue weighted by Crippen LogP contribution is -2.54. The Bertz CT molecular complexity index is 905. The van der Waals surface area contributed by atoms with Gasteiger partial charge < -0.3 is 0 Å². The maximum Gasteiger partial charge on any atom is 0.276 e. The molecule has 3 aliphatic rings. The molecule has 2 aliphatic heterocycles. The summed E-state index contributed by atoms with van der Waals surface area (Å²) in [6, 6.07) is 7.88. The third-order valence-corrected chi connectivity index (χ3v) is 6.16. The number of amidine groups is 1. The van der Waals surface area contributed by atoms with Gasteiger partial charge in [0.25, 0.3) is 5.91 Å². The van der Waals surface area contributed by atoms with Crippen LogP contribution in [0.4, 0.5) is 0 Å². The van der Waals surface area contributed by atoms with Crippen molar-refractivity contribution in [2.24, 2.45) is 16.0 Å². The smallest absolute Gasteiger partial charge is 0.276 e. The number of rotatable bonds is 3. The summed E-state index contributed by atoms with van der Waals surface area (Å²) in [7, 11) is 0. The second kappa shape index (κ2) is 7.27. The average Bonchev–Trinajstić information content (AvgIpc) is 2.66. The molecule has 1 aromatic rings. The molecule has 0 fully saturated rings. The molecule has 1 aromatic carbocycles. The lowest BCUT2D eigenvalue weighted by atomic mass is 9.87. The lowest BCUT2D eigenvalue weighted by Gasteiger charge is -2.38. The van der Waals surface area contributed by atoms with Crippen molar-refractivity contribution in [1.82, 2.24) is 10.3 Å². The lowest BCUT2D eigenvalue weighted by molar-refractivity contribution is -0.116. The van der Waals surface area contributed by atoms with Crippen molar-refractivity contribution in [2.45, 2.75) is 45.7 Å². The monoisotopic (exact) mass is 368 g/mol. The third kappa shape index (κ3) is 3.18. The van der Waals surface area contributed by atoms with Gasteiger partial charge in [0.1, 0.15) is 11.9 Å². The number of thioether (sulfide) groups is 1. The van der Waals surface area contributed by atoms with Crippen molar-refractivity contribution in [2.75, 3.05) is 5.75 Å². The molecule has 0 saturated carbocycles. The fourth-order valence-corrected chi connectivity index (χ4v) is 4.39. The van der Waals surface area contributed by atoms with Crippen molar-refractivity contribution >= 4 is 28.5 Å². The van der Waals surface area contributed by atoms with Gasteiger partial charge in [-0.15, -0.1) is 5.10 Å². The predicted molar refractivity (Wildman–Crippen MR) is 106 cm³/mol. The highest BCUT2D eigenvalue weighted by atomic mass is 32.2. The van der Waals surface area contributed by atoms with Crippen LogP contribution in [0.2, 0.25) is 0 Å². The molecule has 1 amide bonds. The molecule has 26 heavy (non-hydrogen) atoms. The number of carbonyl (C=O) groups is 1. The van der Waals surface area contributed by atoms with Gasteiger partial charge in [0.05, 0.1) is 5.36 Å². The second-order valence-electron chi connectivity index (χ2n) is 7.05. The molecule has 1 aliphatic carbocycles. The Balaban J connectivity index is 1.80. The summed E-state index contributed by atoms with van der Waals surface area (Å²) in [4.78, 5) is 17.9. The van der Waals surface area contributed by atoms with E-state index in [-0.39, 0.29) is 12.1 Å². The first-order chi connectivity index (χ1) is 12.7. The summed E-state index contributed by atoms with van der Waals surface area (Å²) in [6.45, 7) is 4.31. The van der Waals surface area contributed by atoms with E-state index in [0.717, 1.165) is 42.0 Å². The maximum absolute atomic E-state index is 12.9. The summed E-state index contributed by atoms with van der Waals surface area (Å²) < 4.78 is 0. The summed E-state index contributed by atoms with van der Waals surface area (Å²) in [5.41, 5.74) is 2.08. The van der Waals surface area contributed by atoms with Crippen LogP contribution in [0.25, 0.3) is 5.70 Å². The Morgan fingerprint density at radius 1 is 1.35 bits per heavy atom. The van der Waals surface area contributed by atoms with E-state index in [9.17, 15) is 4.79 Å². The Morgan fingerprint density at radius 3 is 2.96 bits per heavy atom. The average molecular weight is 369 g/mol. The molecule has 2 heterocycles. The van der Waals surface area contributed by atoms with Crippen molar-refractivity contribution < 1.29 is 4.79 Å². The zero-order chi connectivity index (χ0) is 18.1. The van der Waals surface area contributed by atoms with Gasteiger partial charge >= 0.3 is 0 Å². The standard InChI is InChI=1S/C20H24N4OS/c1-3-12-26-20-22-19(25)17-15-6-4-5-7-16(15)21-18(24(17)23-20)14-10-8-13(2)9-11-14/h4-8,14,18H,3,9-12H2,1-2H3,(H,22,23,25)/t14-,18+/m1/s1. The first kappa shape index (κ1) is 17.3. The molecule has 6 heteroatoms. The summed E-state index contributed by atoms with van der Waals surface area (Å²) >= 11 is 1.60. The van der Waals surface area contributed by atoms with Crippen LogP contribution in [0.3, 0.4) is 0 Å². The zero-order valence-corrected chi connectivity index (χ0v) is 16.1. The second-order valence-corrected chi connectivity index (χ2v) is 8.13. The van der Waals surface area contributed by atoms with Crippen LogP contribution in [-0.2, 0) is 4.79 Å². The number of nitrogens with one attached hydrogen (secondary N) is 1. The number of amides is 1. The topological polar surface area (TPSA) is 57.1 Å². The molecule has 0 spiro atoms.